The van der Waals surface area contributed by atoms with Crippen molar-refractivity contribution in [2.75, 3.05) is 26.7 Å². The second kappa shape index (κ2) is 12.4. The van der Waals surface area contributed by atoms with Gasteiger partial charge in [-0.25, -0.2) is 8.42 Å². The van der Waals surface area contributed by atoms with Crippen LogP contribution in [0.4, 0.5) is 0 Å². The van der Waals surface area contributed by atoms with Gasteiger partial charge in [0.15, 0.2) is 0 Å². The summed E-state index contributed by atoms with van der Waals surface area (Å²) in [5, 5.41) is 19.1. The molecule has 12 heteroatoms. The number of carbonyl (C=O) groups is 3. The zero-order valence-corrected chi connectivity index (χ0v) is 21.2. The van der Waals surface area contributed by atoms with Crippen molar-refractivity contribution in [3.63, 3.8) is 0 Å². The Morgan fingerprint density at radius 3 is 2.34 bits per heavy atom. The molecule has 0 bridgehead atoms. The Morgan fingerprint density at radius 1 is 1.26 bits per heavy atom. The number of nitrogens with one attached hydrogen (secondary N) is 1. The van der Waals surface area contributed by atoms with Crippen LogP contribution in [0, 0.1) is 11.3 Å². The summed E-state index contributed by atoms with van der Waals surface area (Å²) in [7, 11) is -2.69. The Morgan fingerprint density at radius 2 is 1.86 bits per heavy atom. The molecule has 2 rings (SSSR count). The van der Waals surface area contributed by atoms with Gasteiger partial charge in [-0.2, -0.15) is 9.79 Å². The van der Waals surface area contributed by atoms with Crippen LogP contribution >= 0.6 is 0 Å². The molecule has 1 unspecified atom stereocenters. The van der Waals surface area contributed by atoms with Crippen molar-refractivity contribution < 1.29 is 37.9 Å². The van der Waals surface area contributed by atoms with E-state index in [1.807, 2.05) is 0 Å². The molecule has 1 aromatic rings. The number of benzene rings is 1. The van der Waals surface area contributed by atoms with Crippen molar-refractivity contribution in [2.45, 2.75) is 57.0 Å². The predicted molar refractivity (Wildman–Crippen MR) is 126 cm³/mol. The number of amides is 1. The molecule has 0 aliphatic carbocycles. The second-order valence-electron chi connectivity index (χ2n) is 9.42. The van der Waals surface area contributed by atoms with Crippen molar-refractivity contribution in [2.24, 2.45) is 11.3 Å². The summed E-state index contributed by atoms with van der Waals surface area (Å²) >= 11 is 0. The van der Waals surface area contributed by atoms with Crippen LogP contribution < -0.4 is 10.2 Å². The largest absolute Gasteiger partial charge is 0.497 e. The summed E-state index contributed by atoms with van der Waals surface area (Å²) in [6.07, 6.45) is 0.434. The summed E-state index contributed by atoms with van der Waals surface area (Å²) in [6, 6.07) is 5.76. The molecule has 1 heterocycles. The SMILES string of the molecule is COc1ccc(S(=O)(=O)N(CCC(=O)N2CCC(C(=O)O)CC2)C(CC(C)(C)CC=O)NO)cc1. The Balaban J connectivity index is 2.26. The number of piperidine rings is 1. The van der Waals surface area contributed by atoms with Crippen LogP contribution in [0.1, 0.15) is 46.0 Å². The van der Waals surface area contributed by atoms with Crippen LogP contribution in [0.2, 0.25) is 0 Å². The fourth-order valence-electron chi connectivity index (χ4n) is 4.11. The summed E-state index contributed by atoms with van der Waals surface area (Å²) in [6.45, 7) is 3.91. The van der Waals surface area contributed by atoms with Crippen molar-refractivity contribution in [3.05, 3.63) is 24.3 Å². The fraction of sp³-hybridized carbons (Fsp3) is 0.609. The van der Waals surface area contributed by atoms with Gasteiger partial charge in [0.25, 0.3) is 0 Å². The van der Waals surface area contributed by atoms with Gasteiger partial charge in [-0.05, 0) is 48.9 Å². The number of carbonyl (C=O) groups excluding carboxylic acids is 2. The quantitative estimate of drug-likeness (QED) is 0.203. The molecule has 0 aromatic heterocycles. The van der Waals surface area contributed by atoms with Crippen molar-refractivity contribution in [1.29, 1.82) is 0 Å². The summed E-state index contributed by atoms with van der Waals surface area (Å²) < 4.78 is 33.2. The molecule has 0 spiro atoms. The number of aliphatic carboxylic acids is 1. The minimum Gasteiger partial charge on any atom is -0.497 e. The third-order valence-electron chi connectivity index (χ3n) is 6.29. The molecular weight excluding hydrogens is 478 g/mol. The highest BCUT2D eigenvalue weighted by atomic mass is 32.2. The van der Waals surface area contributed by atoms with E-state index in [9.17, 15) is 28.0 Å². The van der Waals surface area contributed by atoms with Crippen molar-refractivity contribution in [1.82, 2.24) is 14.7 Å². The third-order valence-corrected chi connectivity index (χ3v) is 8.21. The number of hydroxylamine groups is 1. The number of nitrogens with zero attached hydrogens (tertiary/aromatic N) is 2. The lowest BCUT2D eigenvalue weighted by Crippen LogP contribution is -2.51. The van der Waals surface area contributed by atoms with Gasteiger partial charge in [0.05, 0.1) is 24.1 Å². The first-order valence-corrected chi connectivity index (χ1v) is 12.9. The number of methoxy groups -OCH3 is 1. The van der Waals surface area contributed by atoms with E-state index in [0.717, 1.165) is 10.6 Å². The Bertz CT molecular complexity index is 973. The van der Waals surface area contributed by atoms with Gasteiger partial charge < -0.3 is 24.7 Å². The standard InChI is InChI=1S/C23H35N3O8S/c1-23(2,11-15-27)16-20(24-31)26(35(32,33)19-6-4-18(34-3)5-7-19)14-10-21(28)25-12-8-17(9-13-25)22(29)30/h4-7,15,17,20,24,31H,8-14,16H2,1-3H3,(H,29,30). The summed E-state index contributed by atoms with van der Waals surface area (Å²) in [5.74, 6) is -1.20. The van der Waals surface area contributed by atoms with Crippen LogP contribution in [-0.4, -0.2) is 79.0 Å². The van der Waals surface area contributed by atoms with Crippen LogP contribution in [-0.2, 0) is 24.4 Å². The predicted octanol–water partition coefficient (Wildman–Crippen LogP) is 1.71. The zero-order chi connectivity index (χ0) is 26.2. The fourth-order valence-corrected chi connectivity index (χ4v) is 5.65. The highest BCUT2D eigenvalue weighted by molar-refractivity contribution is 7.89. The number of aldehydes is 1. The van der Waals surface area contributed by atoms with E-state index in [-0.39, 0.29) is 49.7 Å². The number of likely N-dealkylation sites (tertiary alicyclic amines) is 1. The lowest BCUT2D eigenvalue weighted by Gasteiger charge is -2.35. The molecule has 1 atom stereocenters. The number of hydrogen-bond acceptors (Lipinski definition) is 8. The van der Waals surface area contributed by atoms with E-state index in [4.69, 9.17) is 9.84 Å². The first kappa shape index (κ1) is 28.7. The molecule has 1 saturated heterocycles. The molecular formula is C23H35N3O8S. The first-order chi connectivity index (χ1) is 16.4. The molecule has 1 aliphatic rings. The number of carboxylic acid groups (broad SMARTS) is 1. The highest BCUT2D eigenvalue weighted by Gasteiger charge is 2.36. The van der Waals surface area contributed by atoms with Gasteiger partial charge in [-0.3, -0.25) is 9.59 Å². The van der Waals surface area contributed by atoms with Crippen LogP contribution in [0.3, 0.4) is 0 Å². The smallest absolute Gasteiger partial charge is 0.306 e. The molecule has 3 N–H and O–H groups in total. The van der Waals surface area contributed by atoms with Gasteiger partial charge in [0.1, 0.15) is 12.0 Å². The maximum absolute atomic E-state index is 13.6. The number of carboxylic acids is 1. The van der Waals surface area contributed by atoms with Crippen molar-refractivity contribution >= 4 is 28.2 Å². The maximum atomic E-state index is 13.6. The average Bonchev–Trinajstić information content (AvgIpc) is 2.83. The number of rotatable bonds is 13. The minimum atomic E-state index is -4.15. The van der Waals surface area contributed by atoms with E-state index in [2.05, 4.69) is 5.48 Å². The molecule has 0 radical (unpaired) electrons. The molecule has 196 valence electrons. The van der Waals surface area contributed by atoms with E-state index in [1.54, 1.807) is 13.8 Å². The third kappa shape index (κ3) is 7.72. The lowest BCUT2D eigenvalue weighted by molar-refractivity contribution is -0.145. The molecule has 35 heavy (non-hydrogen) atoms. The monoisotopic (exact) mass is 513 g/mol. The van der Waals surface area contributed by atoms with Crippen LogP contribution in [0.5, 0.6) is 5.75 Å². The zero-order valence-electron chi connectivity index (χ0n) is 20.3. The molecule has 1 aliphatic heterocycles. The van der Waals surface area contributed by atoms with E-state index >= 15 is 0 Å². The van der Waals surface area contributed by atoms with Gasteiger partial charge >= 0.3 is 5.97 Å². The Labute approximate surface area is 206 Å². The first-order valence-electron chi connectivity index (χ1n) is 11.4. The number of ether oxygens (including phenoxy) is 1. The maximum Gasteiger partial charge on any atom is 0.306 e. The van der Waals surface area contributed by atoms with Crippen LogP contribution in [0.15, 0.2) is 29.2 Å². The van der Waals surface area contributed by atoms with E-state index in [1.165, 1.54) is 36.3 Å². The molecule has 1 fully saturated rings. The van der Waals surface area contributed by atoms with E-state index < -0.39 is 33.5 Å². The normalized spacial score (nSPS) is 16.2. The second-order valence-corrected chi connectivity index (χ2v) is 11.3. The van der Waals surface area contributed by atoms with Gasteiger partial charge in [-0.15, -0.1) is 0 Å². The highest BCUT2D eigenvalue weighted by Crippen LogP contribution is 2.30. The van der Waals surface area contributed by atoms with Gasteiger partial charge in [0.2, 0.25) is 15.9 Å². The number of hydrogen-bond donors (Lipinski definition) is 3. The Kier molecular flexibility index (Phi) is 10.2. The Hall–Kier alpha value is -2.54. The van der Waals surface area contributed by atoms with Gasteiger partial charge in [-0.1, -0.05) is 13.8 Å². The minimum absolute atomic E-state index is 0.0403. The molecule has 11 nitrogen and oxygen atoms in total. The number of sulfonamides is 1. The molecule has 0 saturated carbocycles. The summed E-state index contributed by atoms with van der Waals surface area (Å²) in [4.78, 5) is 36.6. The van der Waals surface area contributed by atoms with Gasteiger partial charge in [0, 0.05) is 32.5 Å². The van der Waals surface area contributed by atoms with Crippen molar-refractivity contribution in [3.8, 4) is 5.75 Å². The topological polar surface area (TPSA) is 154 Å². The molecule has 1 amide bonds. The average molecular weight is 514 g/mol. The van der Waals surface area contributed by atoms with Crippen LogP contribution in [0.25, 0.3) is 0 Å². The van der Waals surface area contributed by atoms with E-state index in [0.29, 0.717) is 18.6 Å². The summed E-state index contributed by atoms with van der Waals surface area (Å²) in [5.41, 5.74) is 1.43. The lowest BCUT2D eigenvalue weighted by atomic mass is 9.85. The molecule has 1 aromatic carbocycles.